The number of fused-ring (bicyclic) bond motifs is 2. The number of anilines is 1. The summed E-state index contributed by atoms with van der Waals surface area (Å²) in [6.45, 7) is 1.09. The molecule has 0 amide bonds. The third kappa shape index (κ3) is 1.76. The van der Waals surface area contributed by atoms with Crippen LogP contribution in [0.3, 0.4) is 0 Å². The van der Waals surface area contributed by atoms with E-state index >= 15 is 0 Å². The summed E-state index contributed by atoms with van der Waals surface area (Å²) in [4.78, 5) is 4.10. The number of nitrogens with one attached hydrogen (secondary N) is 1. The zero-order valence-corrected chi connectivity index (χ0v) is 8.76. The van der Waals surface area contributed by atoms with Crippen molar-refractivity contribution in [2.24, 2.45) is 17.8 Å². The molecule has 1 aromatic rings. The first kappa shape index (κ1) is 8.96. The van der Waals surface area contributed by atoms with Crippen LogP contribution in [-0.2, 0) is 0 Å². The van der Waals surface area contributed by atoms with Crippen LogP contribution in [0.25, 0.3) is 0 Å². The van der Waals surface area contributed by atoms with Crippen LogP contribution < -0.4 is 5.32 Å². The number of pyridine rings is 1. The summed E-state index contributed by atoms with van der Waals surface area (Å²) in [6, 6.07) is 4.05. The Labute approximate surface area is 90.4 Å². The minimum atomic E-state index is 0.833. The molecule has 1 fully saturated rings. The zero-order valence-electron chi connectivity index (χ0n) is 8.76. The molecule has 0 spiro atoms. The van der Waals surface area contributed by atoms with E-state index < -0.39 is 0 Å². The molecule has 2 aliphatic carbocycles. The summed E-state index contributed by atoms with van der Waals surface area (Å²) in [5.74, 6) is 2.54. The van der Waals surface area contributed by atoms with Crippen LogP contribution >= 0.6 is 0 Å². The van der Waals surface area contributed by atoms with Crippen molar-refractivity contribution >= 4 is 5.69 Å². The molecule has 1 heterocycles. The number of hydrogen-bond donors (Lipinski definition) is 1. The van der Waals surface area contributed by atoms with Gasteiger partial charge in [-0.3, -0.25) is 4.98 Å². The minimum Gasteiger partial charge on any atom is -0.384 e. The van der Waals surface area contributed by atoms with Crippen molar-refractivity contribution < 1.29 is 0 Å². The first-order valence-corrected chi connectivity index (χ1v) is 5.74. The van der Waals surface area contributed by atoms with Gasteiger partial charge in [-0.25, -0.2) is 0 Å². The molecule has 2 aliphatic rings. The van der Waals surface area contributed by atoms with E-state index in [0.717, 1.165) is 30.0 Å². The quantitative estimate of drug-likeness (QED) is 0.759. The first-order valence-electron chi connectivity index (χ1n) is 5.74. The van der Waals surface area contributed by atoms with Crippen LogP contribution in [-0.4, -0.2) is 11.5 Å². The van der Waals surface area contributed by atoms with Gasteiger partial charge in [0.1, 0.15) is 0 Å². The van der Waals surface area contributed by atoms with Crippen molar-refractivity contribution in [1.29, 1.82) is 0 Å². The Morgan fingerprint density at radius 1 is 1.33 bits per heavy atom. The van der Waals surface area contributed by atoms with Gasteiger partial charge in [0, 0.05) is 18.9 Å². The van der Waals surface area contributed by atoms with Gasteiger partial charge in [-0.2, -0.15) is 0 Å². The smallest absolute Gasteiger partial charge is 0.0526 e. The van der Waals surface area contributed by atoms with Gasteiger partial charge in [-0.1, -0.05) is 12.2 Å². The van der Waals surface area contributed by atoms with Crippen LogP contribution in [0.4, 0.5) is 5.69 Å². The Bertz CT molecular complexity index is 358. The molecule has 3 atom stereocenters. The molecule has 0 radical (unpaired) electrons. The lowest BCUT2D eigenvalue weighted by Gasteiger charge is -2.18. The molecule has 0 unspecified atom stereocenters. The summed E-state index contributed by atoms with van der Waals surface area (Å²) in [6.07, 6.45) is 11.3. The molecular weight excluding hydrogens is 184 g/mol. The van der Waals surface area contributed by atoms with Gasteiger partial charge < -0.3 is 5.32 Å². The molecule has 1 saturated carbocycles. The van der Waals surface area contributed by atoms with Gasteiger partial charge >= 0.3 is 0 Å². The van der Waals surface area contributed by atoms with Crippen LogP contribution in [0.5, 0.6) is 0 Å². The van der Waals surface area contributed by atoms with Gasteiger partial charge in [0.25, 0.3) is 0 Å². The molecule has 1 N–H and O–H groups in total. The van der Waals surface area contributed by atoms with Gasteiger partial charge in [0.15, 0.2) is 0 Å². The zero-order chi connectivity index (χ0) is 10.1. The lowest BCUT2D eigenvalue weighted by Crippen LogP contribution is -2.18. The molecule has 78 valence electrons. The summed E-state index contributed by atoms with van der Waals surface area (Å²) < 4.78 is 0. The lowest BCUT2D eigenvalue weighted by atomic mass is 9.93. The van der Waals surface area contributed by atoms with Gasteiger partial charge in [-0.05, 0) is 42.7 Å². The van der Waals surface area contributed by atoms with Crippen molar-refractivity contribution in [3.05, 3.63) is 36.7 Å². The van der Waals surface area contributed by atoms with E-state index in [0.29, 0.717) is 0 Å². The molecule has 3 rings (SSSR count). The summed E-state index contributed by atoms with van der Waals surface area (Å²) in [7, 11) is 0. The van der Waals surface area contributed by atoms with Crippen LogP contribution in [0, 0.1) is 17.8 Å². The second-order valence-corrected chi connectivity index (χ2v) is 4.66. The molecular formula is C13H16N2. The van der Waals surface area contributed by atoms with Gasteiger partial charge in [-0.15, -0.1) is 0 Å². The number of aromatic nitrogens is 1. The highest BCUT2D eigenvalue weighted by Gasteiger charge is 2.35. The number of hydrogen-bond acceptors (Lipinski definition) is 2. The van der Waals surface area contributed by atoms with Crippen molar-refractivity contribution in [3.63, 3.8) is 0 Å². The van der Waals surface area contributed by atoms with Crippen molar-refractivity contribution in [3.8, 4) is 0 Å². The minimum absolute atomic E-state index is 0.833. The Kier molecular flexibility index (Phi) is 2.20. The average molecular weight is 200 g/mol. The molecule has 1 aromatic heterocycles. The van der Waals surface area contributed by atoms with E-state index in [9.17, 15) is 0 Å². The van der Waals surface area contributed by atoms with Crippen LogP contribution in [0.1, 0.15) is 12.8 Å². The highest BCUT2D eigenvalue weighted by Crippen LogP contribution is 2.43. The normalized spacial score (nSPS) is 32.1. The number of nitrogens with zero attached hydrogens (tertiary/aromatic N) is 1. The third-order valence-corrected chi connectivity index (χ3v) is 3.65. The topological polar surface area (TPSA) is 24.9 Å². The number of allylic oxidation sites excluding steroid dienone is 2. The maximum Gasteiger partial charge on any atom is 0.0526 e. The molecule has 2 nitrogen and oxygen atoms in total. The predicted molar refractivity (Wildman–Crippen MR) is 61.6 cm³/mol. The van der Waals surface area contributed by atoms with Crippen LogP contribution in [0.15, 0.2) is 36.7 Å². The van der Waals surface area contributed by atoms with E-state index in [1.807, 2.05) is 18.5 Å². The second-order valence-electron chi connectivity index (χ2n) is 4.66. The molecule has 0 saturated heterocycles. The second kappa shape index (κ2) is 3.69. The molecule has 15 heavy (non-hydrogen) atoms. The summed E-state index contributed by atoms with van der Waals surface area (Å²) >= 11 is 0. The van der Waals surface area contributed by atoms with Gasteiger partial charge in [0.05, 0.1) is 5.69 Å². The maximum absolute atomic E-state index is 4.10. The van der Waals surface area contributed by atoms with Crippen LogP contribution in [0.2, 0.25) is 0 Å². The summed E-state index contributed by atoms with van der Waals surface area (Å²) in [5, 5.41) is 3.48. The Morgan fingerprint density at radius 3 is 3.00 bits per heavy atom. The highest BCUT2D eigenvalue weighted by atomic mass is 14.9. The standard InChI is InChI=1S/C13H16N2/c1-2-13(9-14-5-1)15-8-12-7-10-3-4-11(12)6-10/h1-5,9-12,15H,6-8H2/t10-,11-,12-/m0/s1. The Hall–Kier alpha value is -1.31. The molecule has 2 bridgehead atoms. The lowest BCUT2D eigenvalue weighted by molar-refractivity contribution is 0.472. The molecule has 0 aliphatic heterocycles. The predicted octanol–water partition coefficient (Wildman–Crippen LogP) is 2.71. The first-order chi connectivity index (χ1) is 7.42. The van der Waals surface area contributed by atoms with E-state index in [1.54, 1.807) is 0 Å². The molecule has 0 aromatic carbocycles. The fourth-order valence-electron chi connectivity index (χ4n) is 2.85. The third-order valence-electron chi connectivity index (χ3n) is 3.65. The SMILES string of the molecule is C1=C[C@H]2C[C@H]1C[C@H]2CNc1cccnc1. The van der Waals surface area contributed by atoms with E-state index in [1.165, 1.54) is 12.8 Å². The summed E-state index contributed by atoms with van der Waals surface area (Å²) in [5.41, 5.74) is 1.14. The van der Waals surface area contributed by atoms with Gasteiger partial charge in [0.2, 0.25) is 0 Å². The van der Waals surface area contributed by atoms with E-state index in [2.05, 4.69) is 28.5 Å². The highest BCUT2D eigenvalue weighted by molar-refractivity contribution is 5.39. The number of rotatable bonds is 3. The Morgan fingerprint density at radius 2 is 2.33 bits per heavy atom. The van der Waals surface area contributed by atoms with E-state index in [4.69, 9.17) is 0 Å². The average Bonchev–Trinajstić information content (AvgIpc) is 2.89. The fraction of sp³-hybridized carbons (Fsp3) is 0.462. The monoisotopic (exact) mass is 200 g/mol. The molecule has 2 heteroatoms. The van der Waals surface area contributed by atoms with E-state index in [-0.39, 0.29) is 0 Å². The Balaban J connectivity index is 1.57. The fourth-order valence-corrected chi connectivity index (χ4v) is 2.85. The van der Waals surface area contributed by atoms with Crippen molar-refractivity contribution in [1.82, 2.24) is 4.98 Å². The van der Waals surface area contributed by atoms with Crippen molar-refractivity contribution in [2.45, 2.75) is 12.8 Å². The van der Waals surface area contributed by atoms with Crippen molar-refractivity contribution in [2.75, 3.05) is 11.9 Å². The largest absolute Gasteiger partial charge is 0.384 e. The maximum atomic E-state index is 4.10.